The molecule has 2 aliphatic rings. The molecule has 24 heavy (non-hydrogen) atoms. The molecule has 4 atom stereocenters. The number of benzene rings is 2. The van der Waals surface area contributed by atoms with Gasteiger partial charge in [0.1, 0.15) is 0 Å². The van der Waals surface area contributed by atoms with Gasteiger partial charge in [-0.05, 0) is 61.7 Å². The minimum Gasteiger partial charge on any atom is -0.312 e. The van der Waals surface area contributed by atoms with Gasteiger partial charge in [-0.3, -0.25) is 0 Å². The zero-order chi connectivity index (χ0) is 16.2. The SMILES string of the molecule is c1ccc(C2CCNC(C3CC(c4ccccc4)CCN3)C2)cc1. The van der Waals surface area contributed by atoms with Crippen LogP contribution in [0.2, 0.25) is 0 Å². The van der Waals surface area contributed by atoms with Crippen molar-refractivity contribution in [3.8, 4) is 0 Å². The van der Waals surface area contributed by atoms with E-state index in [4.69, 9.17) is 0 Å². The standard InChI is InChI=1S/C22H28N2/c1-3-7-17(8-4-1)19-11-13-23-21(15-19)22-16-20(12-14-24-22)18-9-5-2-6-10-18/h1-10,19-24H,11-16H2. The van der Waals surface area contributed by atoms with Gasteiger partial charge in [-0.15, -0.1) is 0 Å². The molecule has 2 fully saturated rings. The Labute approximate surface area is 145 Å². The summed E-state index contributed by atoms with van der Waals surface area (Å²) in [6, 6.07) is 23.3. The normalized spacial score (nSPS) is 30.8. The van der Waals surface area contributed by atoms with Gasteiger partial charge in [0, 0.05) is 12.1 Å². The fraction of sp³-hybridized carbons (Fsp3) is 0.455. The predicted molar refractivity (Wildman–Crippen MR) is 100 cm³/mol. The van der Waals surface area contributed by atoms with Crippen molar-refractivity contribution in [2.45, 2.75) is 49.6 Å². The third-order valence-electron chi connectivity index (χ3n) is 5.90. The quantitative estimate of drug-likeness (QED) is 0.891. The molecule has 2 aromatic rings. The Morgan fingerprint density at radius 3 is 1.42 bits per heavy atom. The molecular formula is C22H28N2. The van der Waals surface area contributed by atoms with Crippen molar-refractivity contribution in [3.63, 3.8) is 0 Å². The second-order valence-electron chi connectivity index (χ2n) is 7.39. The molecule has 2 heteroatoms. The summed E-state index contributed by atoms with van der Waals surface area (Å²) in [7, 11) is 0. The minimum atomic E-state index is 0.593. The fourth-order valence-corrected chi connectivity index (χ4v) is 4.57. The zero-order valence-corrected chi connectivity index (χ0v) is 14.3. The van der Waals surface area contributed by atoms with Gasteiger partial charge in [0.05, 0.1) is 0 Å². The van der Waals surface area contributed by atoms with Crippen molar-refractivity contribution in [2.24, 2.45) is 0 Å². The predicted octanol–water partition coefficient (Wildman–Crippen LogP) is 4.06. The van der Waals surface area contributed by atoms with E-state index in [-0.39, 0.29) is 0 Å². The molecule has 2 aliphatic heterocycles. The average molecular weight is 320 g/mol. The molecule has 0 amide bonds. The summed E-state index contributed by atoms with van der Waals surface area (Å²) < 4.78 is 0. The smallest absolute Gasteiger partial charge is 0.0227 e. The van der Waals surface area contributed by atoms with Crippen LogP contribution in [0.15, 0.2) is 60.7 Å². The molecule has 4 unspecified atom stereocenters. The number of rotatable bonds is 3. The van der Waals surface area contributed by atoms with Crippen LogP contribution < -0.4 is 10.6 Å². The molecule has 0 bridgehead atoms. The first-order valence-corrected chi connectivity index (χ1v) is 9.47. The maximum atomic E-state index is 3.80. The molecule has 2 heterocycles. The monoisotopic (exact) mass is 320 g/mol. The van der Waals surface area contributed by atoms with Crippen LogP contribution in [0.1, 0.15) is 48.6 Å². The van der Waals surface area contributed by atoms with Crippen LogP contribution in [0.4, 0.5) is 0 Å². The highest BCUT2D eigenvalue weighted by Gasteiger charge is 2.32. The van der Waals surface area contributed by atoms with E-state index < -0.39 is 0 Å². The first kappa shape index (κ1) is 15.9. The van der Waals surface area contributed by atoms with E-state index >= 15 is 0 Å². The first-order chi connectivity index (χ1) is 11.9. The molecule has 126 valence electrons. The number of hydrogen-bond donors (Lipinski definition) is 2. The Morgan fingerprint density at radius 1 is 0.583 bits per heavy atom. The lowest BCUT2D eigenvalue weighted by molar-refractivity contribution is 0.243. The first-order valence-electron chi connectivity index (χ1n) is 9.47. The minimum absolute atomic E-state index is 0.593. The maximum absolute atomic E-state index is 3.80. The van der Waals surface area contributed by atoms with Crippen molar-refractivity contribution in [1.82, 2.24) is 10.6 Å². The van der Waals surface area contributed by atoms with Gasteiger partial charge in [0.15, 0.2) is 0 Å². The van der Waals surface area contributed by atoms with E-state index in [9.17, 15) is 0 Å². The Balaban J connectivity index is 1.43. The number of piperidine rings is 2. The van der Waals surface area contributed by atoms with E-state index in [1.807, 2.05) is 0 Å². The van der Waals surface area contributed by atoms with E-state index in [2.05, 4.69) is 71.3 Å². The maximum Gasteiger partial charge on any atom is 0.0227 e. The summed E-state index contributed by atoms with van der Waals surface area (Å²) in [5, 5.41) is 7.60. The summed E-state index contributed by atoms with van der Waals surface area (Å²) in [6.45, 7) is 2.27. The summed E-state index contributed by atoms with van der Waals surface area (Å²) in [4.78, 5) is 0. The van der Waals surface area contributed by atoms with Gasteiger partial charge in [0.25, 0.3) is 0 Å². The highest BCUT2D eigenvalue weighted by Crippen LogP contribution is 2.33. The van der Waals surface area contributed by atoms with Crippen LogP contribution in [-0.2, 0) is 0 Å². The van der Waals surface area contributed by atoms with Gasteiger partial charge in [0.2, 0.25) is 0 Å². The second kappa shape index (κ2) is 7.50. The molecule has 0 saturated carbocycles. The highest BCUT2D eigenvalue weighted by atomic mass is 15.0. The molecule has 0 aromatic heterocycles. The highest BCUT2D eigenvalue weighted by molar-refractivity contribution is 5.22. The van der Waals surface area contributed by atoms with Crippen LogP contribution in [0, 0.1) is 0 Å². The molecule has 0 radical (unpaired) electrons. The third-order valence-corrected chi connectivity index (χ3v) is 5.90. The Kier molecular flexibility index (Phi) is 4.96. The van der Waals surface area contributed by atoms with Gasteiger partial charge in [-0.1, -0.05) is 60.7 Å². The van der Waals surface area contributed by atoms with Gasteiger partial charge < -0.3 is 10.6 Å². The summed E-state index contributed by atoms with van der Waals surface area (Å²) in [6.07, 6.45) is 5.02. The fourth-order valence-electron chi connectivity index (χ4n) is 4.57. The molecule has 2 aromatic carbocycles. The van der Waals surface area contributed by atoms with Crippen LogP contribution in [0.3, 0.4) is 0 Å². The molecule has 4 rings (SSSR count). The molecule has 2 nitrogen and oxygen atoms in total. The van der Waals surface area contributed by atoms with Crippen LogP contribution in [-0.4, -0.2) is 25.2 Å². The van der Waals surface area contributed by atoms with E-state index in [0.29, 0.717) is 23.9 Å². The van der Waals surface area contributed by atoms with Crippen LogP contribution >= 0.6 is 0 Å². The lowest BCUT2D eigenvalue weighted by atomic mass is 9.78. The molecule has 0 aliphatic carbocycles. The lowest BCUT2D eigenvalue weighted by Crippen LogP contribution is -2.54. The average Bonchev–Trinajstić information content (AvgIpc) is 2.70. The van der Waals surface area contributed by atoms with Crippen LogP contribution in [0.5, 0.6) is 0 Å². The number of hydrogen-bond acceptors (Lipinski definition) is 2. The zero-order valence-electron chi connectivity index (χ0n) is 14.3. The summed E-state index contributed by atoms with van der Waals surface area (Å²) >= 11 is 0. The van der Waals surface area contributed by atoms with Crippen molar-refractivity contribution in [3.05, 3.63) is 71.8 Å². The Hall–Kier alpha value is -1.64. The van der Waals surface area contributed by atoms with Crippen LogP contribution in [0.25, 0.3) is 0 Å². The van der Waals surface area contributed by atoms with Gasteiger partial charge >= 0.3 is 0 Å². The van der Waals surface area contributed by atoms with Crippen molar-refractivity contribution in [2.75, 3.05) is 13.1 Å². The Bertz CT molecular complexity index is 567. The number of nitrogens with one attached hydrogen (secondary N) is 2. The topological polar surface area (TPSA) is 24.1 Å². The largest absolute Gasteiger partial charge is 0.312 e. The molecule has 2 saturated heterocycles. The van der Waals surface area contributed by atoms with Crippen molar-refractivity contribution < 1.29 is 0 Å². The van der Waals surface area contributed by atoms with E-state index in [1.54, 1.807) is 0 Å². The molecule has 2 N–H and O–H groups in total. The summed E-state index contributed by atoms with van der Waals surface area (Å²) in [5.41, 5.74) is 3.03. The third kappa shape index (κ3) is 3.55. The van der Waals surface area contributed by atoms with Crippen molar-refractivity contribution >= 4 is 0 Å². The Morgan fingerprint density at radius 2 is 1.00 bits per heavy atom. The molecular weight excluding hydrogens is 292 g/mol. The van der Waals surface area contributed by atoms with Gasteiger partial charge in [-0.2, -0.15) is 0 Å². The molecule has 0 spiro atoms. The van der Waals surface area contributed by atoms with E-state index in [0.717, 1.165) is 13.1 Å². The second-order valence-corrected chi connectivity index (χ2v) is 7.39. The van der Waals surface area contributed by atoms with E-state index in [1.165, 1.54) is 36.8 Å². The lowest BCUT2D eigenvalue weighted by Gasteiger charge is -2.40. The van der Waals surface area contributed by atoms with Gasteiger partial charge in [-0.25, -0.2) is 0 Å². The summed E-state index contributed by atoms with van der Waals surface area (Å²) in [5.74, 6) is 1.41. The van der Waals surface area contributed by atoms with Crippen molar-refractivity contribution in [1.29, 1.82) is 0 Å².